The van der Waals surface area contributed by atoms with Crippen LogP contribution in [0.2, 0.25) is 0 Å². The molecule has 1 unspecified atom stereocenters. The largest absolute Gasteiger partial charge is 0.311 e. The Balaban J connectivity index is 2.20. The summed E-state index contributed by atoms with van der Waals surface area (Å²) < 4.78 is 26.1. The Labute approximate surface area is 101 Å². The number of nitrogens with one attached hydrogen (secondary N) is 1. The fraction of sp³-hybridized carbons (Fsp3) is 0.571. The first kappa shape index (κ1) is 12.5. The molecule has 1 fully saturated rings. The highest BCUT2D eigenvalue weighted by Gasteiger charge is 2.36. The molecule has 1 aliphatic rings. The topological polar surface area (TPSA) is 12.0 Å². The maximum Gasteiger partial charge on any atom is 0.159 e. The molecular formula is C14H19F2N. The Morgan fingerprint density at radius 2 is 2.06 bits per heavy atom. The first-order valence-corrected chi connectivity index (χ1v) is 6.22. The molecule has 2 rings (SSSR count). The van der Waals surface area contributed by atoms with Crippen molar-refractivity contribution in [2.75, 3.05) is 6.54 Å². The second-order valence-corrected chi connectivity index (χ2v) is 5.27. The zero-order valence-corrected chi connectivity index (χ0v) is 10.4. The van der Waals surface area contributed by atoms with Gasteiger partial charge in [0.15, 0.2) is 11.6 Å². The average Bonchev–Trinajstić information content (AvgIpc) is 2.73. The minimum Gasteiger partial charge on any atom is -0.311 e. The van der Waals surface area contributed by atoms with Crippen LogP contribution in [0.15, 0.2) is 18.2 Å². The predicted octanol–water partition coefficient (Wildman–Crippen LogP) is 3.29. The third kappa shape index (κ3) is 2.49. The molecule has 1 saturated heterocycles. The van der Waals surface area contributed by atoms with E-state index in [-0.39, 0.29) is 5.54 Å². The van der Waals surface area contributed by atoms with Crippen molar-refractivity contribution in [3.8, 4) is 0 Å². The molecule has 0 bridgehead atoms. The SMILES string of the molecule is CC(C)C1(Cc2ccc(F)c(F)c2)CCCN1. The smallest absolute Gasteiger partial charge is 0.159 e. The maximum atomic E-state index is 13.2. The number of benzene rings is 1. The molecule has 1 N–H and O–H groups in total. The lowest BCUT2D eigenvalue weighted by molar-refractivity contribution is 0.269. The van der Waals surface area contributed by atoms with E-state index in [2.05, 4.69) is 19.2 Å². The second-order valence-electron chi connectivity index (χ2n) is 5.27. The Hall–Kier alpha value is -0.960. The van der Waals surface area contributed by atoms with Gasteiger partial charge in [-0.3, -0.25) is 0 Å². The Morgan fingerprint density at radius 3 is 2.59 bits per heavy atom. The van der Waals surface area contributed by atoms with E-state index in [1.165, 1.54) is 12.1 Å². The molecule has 0 amide bonds. The summed E-state index contributed by atoms with van der Waals surface area (Å²) in [5.41, 5.74) is 0.913. The van der Waals surface area contributed by atoms with Gasteiger partial charge in [0, 0.05) is 5.54 Å². The summed E-state index contributed by atoms with van der Waals surface area (Å²) in [7, 11) is 0. The van der Waals surface area contributed by atoms with Gasteiger partial charge in [0.1, 0.15) is 0 Å². The molecule has 0 aromatic heterocycles. The van der Waals surface area contributed by atoms with Crippen LogP contribution in [-0.2, 0) is 6.42 Å². The molecule has 1 aromatic carbocycles. The zero-order chi connectivity index (χ0) is 12.5. The van der Waals surface area contributed by atoms with E-state index in [1.807, 2.05) is 0 Å². The van der Waals surface area contributed by atoms with Crippen molar-refractivity contribution in [3.63, 3.8) is 0 Å². The first-order valence-electron chi connectivity index (χ1n) is 6.22. The van der Waals surface area contributed by atoms with Crippen LogP contribution in [0, 0.1) is 17.6 Å². The molecule has 3 heteroatoms. The van der Waals surface area contributed by atoms with Gasteiger partial charge in [-0.25, -0.2) is 8.78 Å². The monoisotopic (exact) mass is 239 g/mol. The van der Waals surface area contributed by atoms with Gasteiger partial charge < -0.3 is 5.32 Å². The van der Waals surface area contributed by atoms with Gasteiger partial charge in [0.25, 0.3) is 0 Å². The van der Waals surface area contributed by atoms with Crippen molar-refractivity contribution in [2.45, 2.75) is 38.6 Å². The number of hydrogen-bond acceptors (Lipinski definition) is 1. The Morgan fingerprint density at radius 1 is 1.29 bits per heavy atom. The summed E-state index contributed by atoms with van der Waals surface area (Å²) in [6.45, 7) is 5.37. The van der Waals surface area contributed by atoms with Gasteiger partial charge in [-0.15, -0.1) is 0 Å². The lowest BCUT2D eigenvalue weighted by atomic mass is 9.80. The molecule has 1 heterocycles. The normalized spacial score (nSPS) is 24.5. The number of hydrogen-bond donors (Lipinski definition) is 1. The number of rotatable bonds is 3. The lowest BCUT2D eigenvalue weighted by Gasteiger charge is -2.34. The van der Waals surface area contributed by atoms with E-state index in [0.717, 1.165) is 31.4 Å². The van der Waals surface area contributed by atoms with Gasteiger partial charge >= 0.3 is 0 Å². The van der Waals surface area contributed by atoms with Crippen LogP contribution >= 0.6 is 0 Å². The van der Waals surface area contributed by atoms with Crippen LogP contribution in [-0.4, -0.2) is 12.1 Å². The number of halogens is 2. The first-order chi connectivity index (χ1) is 8.03. The molecule has 94 valence electrons. The molecule has 0 aliphatic carbocycles. The fourth-order valence-corrected chi connectivity index (χ4v) is 2.69. The van der Waals surface area contributed by atoms with Crippen molar-refractivity contribution in [2.24, 2.45) is 5.92 Å². The van der Waals surface area contributed by atoms with E-state index < -0.39 is 11.6 Å². The standard InChI is InChI=1S/C14H19F2N/c1-10(2)14(6-3-7-17-14)9-11-4-5-12(15)13(16)8-11/h4-5,8,10,17H,3,6-7,9H2,1-2H3. The summed E-state index contributed by atoms with van der Waals surface area (Å²) >= 11 is 0. The summed E-state index contributed by atoms with van der Waals surface area (Å²) in [4.78, 5) is 0. The lowest BCUT2D eigenvalue weighted by Crippen LogP contribution is -2.46. The van der Waals surface area contributed by atoms with Crippen LogP contribution in [0.3, 0.4) is 0 Å². The summed E-state index contributed by atoms with van der Waals surface area (Å²) in [6.07, 6.45) is 3.02. The van der Waals surface area contributed by atoms with Crippen molar-refractivity contribution in [3.05, 3.63) is 35.4 Å². The van der Waals surface area contributed by atoms with Crippen molar-refractivity contribution >= 4 is 0 Å². The summed E-state index contributed by atoms with van der Waals surface area (Å²) in [5.74, 6) is -1.04. The third-order valence-electron chi connectivity index (χ3n) is 3.89. The summed E-state index contributed by atoms with van der Waals surface area (Å²) in [6, 6.07) is 4.22. The third-order valence-corrected chi connectivity index (χ3v) is 3.89. The van der Waals surface area contributed by atoms with E-state index in [1.54, 1.807) is 6.07 Å². The second kappa shape index (κ2) is 4.73. The van der Waals surface area contributed by atoms with Crippen molar-refractivity contribution in [1.29, 1.82) is 0 Å². The van der Waals surface area contributed by atoms with Crippen LogP contribution in [0.1, 0.15) is 32.3 Å². The highest BCUT2D eigenvalue weighted by molar-refractivity contribution is 5.21. The van der Waals surface area contributed by atoms with Crippen LogP contribution in [0.5, 0.6) is 0 Å². The molecule has 17 heavy (non-hydrogen) atoms. The average molecular weight is 239 g/mol. The van der Waals surface area contributed by atoms with Gasteiger partial charge in [-0.05, 0) is 49.4 Å². The molecule has 1 aromatic rings. The van der Waals surface area contributed by atoms with Gasteiger partial charge in [0.05, 0.1) is 0 Å². The van der Waals surface area contributed by atoms with Crippen molar-refractivity contribution in [1.82, 2.24) is 5.32 Å². The van der Waals surface area contributed by atoms with Gasteiger partial charge in [-0.1, -0.05) is 19.9 Å². The maximum absolute atomic E-state index is 13.2. The highest BCUT2D eigenvalue weighted by Crippen LogP contribution is 2.31. The molecule has 0 radical (unpaired) electrons. The molecular weight excluding hydrogens is 220 g/mol. The Bertz CT molecular complexity index is 395. The quantitative estimate of drug-likeness (QED) is 0.853. The highest BCUT2D eigenvalue weighted by atomic mass is 19.2. The van der Waals surface area contributed by atoms with Crippen LogP contribution in [0.25, 0.3) is 0 Å². The molecule has 1 atom stereocenters. The molecule has 0 saturated carbocycles. The fourth-order valence-electron chi connectivity index (χ4n) is 2.69. The van der Waals surface area contributed by atoms with E-state index in [0.29, 0.717) is 5.92 Å². The van der Waals surface area contributed by atoms with Gasteiger partial charge in [-0.2, -0.15) is 0 Å². The predicted molar refractivity (Wildman–Crippen MR) is 64.9 cm³/mol. The van der Waals surface area contributed by atoms with Gasteiger partial charge in [0.2, 0.25) is 0 Å². The summed E-state index contributed by atoms with van der Waals surface area (Å²) in [5, 5.41) is 3.54. The molecule has 1 aliphatic heterocycles. The minimum atomic E-state index is -0.772. The van der Waals surface area contributed by atoms with E-state index in [4.69, 9.17) is 0 Å². The van der Waals surface area contributed by atoms with Crippen LogP contribution < -0.4 is 5.32 Å². The zero-order valence-electron chi connectivity index (χ0n) is 10.4. The van der Waals surface area contributed by atoms with Crippen molar-refractivity contribution < 1.29 is 8.78 Å². The molecule has 1 nitrogen and oxygen atoms in total. The van der Waals surface area contributed by atoms with E-state index >= 15 is 0 Å². The molecule has 0 spiro atoms. The van der Waals surface area contributed by atoms with Crippen LogP contribution in [0.4, 0.5) is 8.78 Å². The Kier molecular flexibility index (Phi) is 3.48. The van der Waals surface area contributed by atoms with E-state index in [9.17, 15) is 8.78 Å². The minimum absolute atomic E-state index is 0.0459.